The van der Waals surface area contributed by atoms with E-state index in [1.54, 1.807) is 35.8 Å². The molecule has 10 heteroatoms. The van der Waals surface area contributed by atoms with Gasteiger partial charge in [0.2, 0.25) is 11.7 Å². The molecule has 0 saturated carbocycles. The van der Waals surface area contributed by atoms with Gasteiger partial charge in [0.25, 0.3) is 5.56 Å². The topological polar surface area (TPSA) is 81.3 Å². The van der Waals surface area contributed by atoms with E-state index >= 15 is 0 Å². The Hall–Kier alpha value is -2.55. The van der Waals surface area contributed by atoms with Crippen LogP contribution in [0.5, 0.6) is 0 Å². The molecule has 0 unspecified atom stereocenters. The molecular formula is C21H19Cl2N5O2S. The highest BCUT2D eigenvalue weighted by Gasteiger charge is 2.22. The first-order chi connectivity index (χ1) is 14.9. The number of aromatic nitrogens is 4. The summed E-state index contributed by atoms with van der Waals surface area (Å²) >= 11 is 13.4. The summed E-state index contributed by atoms with van der Waals surface area (Å²) in [7, 11) is 0. The minimum atomic E-state index is -0.507. The van der Waals surface area contributed by atoms with E-state index in [4.69, 9.17) is 23.2 Å². The van der Waals surface area contributed by atoms with E-state index in [0.717, 1.165) is 6.42 Å². The van der Waals surface area contributed by atoms with Gasteiger partial charge in [-0.3, -0.25) is 18.6 Å². The largest absolute Gasteiger partial charge is 0.324 e. The molecule has 0 fully saturated rings. The third-order valence-corrected chi connectivity index (χ3v) is 6.37. The number of thioether (sulfide) groups is 1. The van der Waals surface area contributed by atoms with E-state index in [0.29, 0.717) is 44.1 Å². The third-order valence-electron chi connectivity index (χ3n) is 4.76. The van der Waals surface area contributed by atoms with Crippen molar-refractivity contribution in [1.29, 1.82) is 0 Å². The number of benzene rings is 2. The molecule has 1 N–H and O–H groups in total. The van der Waals surface area contributed by atoms with Crippen LogP contribution in [0.1, 0.15) is 20.3 Å². The molecule has 0 saturated heterocycles. The number of carbonyl (C=O) groups is 1. The zero-order chi connectivity index (χ0) is 22.1. The van der Waals surface area contributed by atoms with Crippen molar-refractivity contribution < 1.29 is 4.79 Å². The fourth-order valence-corrected chi connectivity index (χ4v) is 4.47. The number of aryl methyl sites for hydroxylation is 1. The molecule has 0 aliphatic rings. The molecule has 0 bridgehead atoms. The SMILES string of the molecule is CCCn1c(=O)c2ccccc2n2c(S[C@@H](C)C(=O)Nc3cc(Cl)ccc3Cl)nnc12. The molecule has 0 aliphatic carbocycles. The van der Waals surface area contributed by atoms with Gasteiger partial charge in [0.1, 0.15) is 0 Å². The van der Waals surface area contributed by atoms with E-state index in [-0.39, 0.29) is 11.5 Å². The number of carbonyl (C=O) groups excluding carboxylic acids is 1. The molecule has 31 heavy (non-hydrogen) atoms. The first-order valence-corrected chi connectivity index (χ1v) is 11.3. The molecule has 7 nitrogen and oxygen atoms in total. The van der Waals surface area contributed by atoms with Crippen LogP contribution in [0.15, 0.2) is 52.4 Å². The Morgan fingerprint density at radius 3 is 2.74 bits per heavy atom. The van der Waals surface area contributed by atoms with Crippen molar-refractivity contribution in [3.05, 3.63) is 62.9 Å². The third kappa shape index (κ3) is 4.15. The van der Waals surface area contributed by atoms with E-state index in [1.807, 2.05) is 29.5 Å². The van der Waals surface area contributed by atoms with E-state index in [1.165, 1.54) is 11.8 Å². The van der Waals surface area contributed by atoms with Gasteiger partial charge in [-0.2, -0.15) is 0 Å². The highest BCUT2D eigenvalue weighted by Crippen LogP contribution is 2.29. The highest BCUT2D eigenvalue weighted by atomic mass is 35.5. The Morgan fingerprint density at radius 2 is 1.97 bits per heavy atom. The second-order valence-electron chi connectivity index (χ2n) is 6.97. The zero-order valence-electron chi connectivity index (χ0n) is 16.8. The molecule has 1 amide bonds. The van der Waals surface area contributed by atoms with Crippen LogP contribution in [0.25, 0.3) is 16.7 Å². The molecule has 0 aliphatic heterocycles. The quantitative estimate of drug-likeness (QED) is 0.401. The van der Waals surface area contributed by atoms with Gasteiger partial charge in [0, 0.05) is 11.6 Å². The Balaban J connectivity index is 1.71. The Kier molecular flexibility index (Phi) is 6.22. The minimum absolute atomic E-state index is 0.102. The number of fused-ring (bicyclic) bond motifs is 3. The van der Waals surface area contributed by atoms with Gasteiger partial charge < -0.3 is 5.32 Å². The molecular weight excluding hydrogens is 457 g/mol. The predicted octanol–water partition coefficient (Wildman–Crippen LogP) is 4.88. The van der Waals surface area contributed by atoms with Crippen molar-refractivity contribution in [3.8, 4) is 0 Å². The van der Waals surface area contributed by atoms with Gasteiger partial charge >= 0.3 is 0 Å². The first-order valence-electron chi connectivity index (χ1n) is 9.70. The summed E-state index contributed by atoms with van der Waals surface area (Å²) in [6, 6.07) is 12.2. The van der Waals surface area contributed by atoms with Gasteiger partial charge in [0.05, 0.1) is 26.9 Å². The second-order valence-corrected chi connectivity index (χ2v) is 9.12. The number of hydrogen-bond donors (Lipinski definition) is 1. The number of amides is 1. The first kappa shape index (κ1) is 21.7. The smallest absolute Gasteiger partial charge is 0.262 e. The van der Waals surface area contributed by atoms with Gasteiger partial charge in [-0.05, 0) is 43.7 Å². The molecule has 4 rings (SSSR count). The van der Waals surface area contributed by atoms with Crippen LogP contribution in [0, 0.1) is 0 Å². The lowest BCUT2D eigenvalue weighted by Crippen LogP contribution is -2.24. The molecule has 160 valence electrons. The fourth-order valence-electron chi connectivity index (χ4n) is 3.27. The Labute approximate surface area is 192 Å². The Morgan fingerprint density at radius 1 is 1.19 bits per heavy atom. The summed E-state index contributed by atoms with van der Waals surface area (Å²) in [5.74, 6) is 0.204. The summed E-state index contributed by atoms with van der Waals surface area (Å²) < 4.78 is 3.45. The zero-order valence-corrected chi connectivity index (χ0v) is 19.1. The molecule has 1 atom stereocenters. The lowest BCUT2D eigenvalue weighted by molar-refractivity contribution is -0.115. The maximum atomic E-state index is 12.9. The summed E-state index contributed by atoms with van der Waals surface area (Å²) in [6.07, 6.45) is 0.780. The summed E-state index contributed by atoms with van der Waals surface area (Å²) in [4.78, 5) is 25.7. The molecule has 4 aromatic rings. The lowest BCUT2D eigenvalue weighted by Gasteiger charge is -2.13. The number of nitrogens with one attached hydrogen (secondary N) is 1. The number of para-hydroxylation sites is 1. The summed E-state index contributed by atoms with van der Waals surface area (Å²) in [6.45, 7) is 4.29. The van der Waals surface area contributed by atoms with Crippen LogP contribution in [0.4, 0.5) is 5.69 Å². The lowest BCUT2D eigenvalue weighted by atomic mass is 10.2. The number of nitrogens with zero attached hydrogens (tertiary/aromatic N) is 4. The van der Waals surface area contributed by atoms with Crippen molar-refractivity contribution >= 4 is 63.2 Å². The van der Waals surface area contributed by atoms with Crippen molar-refractivity contribution in [3.63, 3.8) is 0 Å². The van der Waals surface area contributed by atoms with E-state index in [2.05, 4.69) is 15.5 Å². The summed E-state index contributed by atoms with van der Waals surface area (Å²) in [5.41, 5.74) is 1.04. The van der Waals surface area contributed by atoms with Crippen LogP contribution in [-0.4, -0.2) is 30.3 Å². The van der Waals surface area contributed by atoms with Crippen LogP contribution < -0.4 is 10.9 Å². The molecule has 2 aromatic heterocycles. The van der Waals surface area contributed by atoms with Crippen molar-refractivity contribution in [2.45, 2.75) is 37.2 Å². The molecule has 2 aromatic carbocycles. The number of hydrogen-bond acceptors (Lipinski definition) is 5. The maximum absolute atomic E-state index is 12.9. The average molecular weight is 476 g/mol. The highest BCUT2D eigenvalue weighted by molar-refractivity contribution is 8.00. The van der Waals surface area contributed by atoms with Crippen molar-refractivity contribution in [1.82, 2.24) is 19.2 Å². The molecule has 0 radical (unpaired) electrons. The van der Waals surface area contributed by atoms with Crippen LogP contribution in [-0.2, 0) is 11.3 Å². The van der Waals surface area contributed by atoms with Crippen molar-refractivity contribution in [2.24, 2.45) is 0 Å². The normalized spacial score (nSPS) is 12.4. The average Bonchev–Trinajstić information content (AvgIpc) is 3.17. The predicted molar refractivity (Wildman–Crippen MR) is 125 cm³/mol. The fraction of sp³-hybridized carbons (Fsp3) is 0.238. The van der Waals surface area contributed by atoms with Crippen LogP contribution >= 0.6 is 35.0 Å². The van der Waals surface area contributed by atoms with E-state index < -0.39 is 5.25 Å². The van der Waals surface area contributed by atoms with Gasteiger partial charge in [-0.15, -0.1) is 10.2 Å². The van der Waals surface area contributed by atoms with Crippen LogP contribution in [0.3, 0.4) is 0 Å². The standard InChI is InChI=1S/C21H19Cl2N5O2S/c1-3-10-27-19(30)14-6-4-5-7-17(14)28-20(27)25-26-21(28)31-12(2)18(29)24-16-11-13(22)8-9-15(16)23/h4-9,11-12H,3,10H2,1-2H3,(H,24,29)/t12-/m0/s1. The minimum Gasteiger partial charge on any atom is -0.324 e. The molecule has 2 heterocycles. The van der Waals surface area contributed by atoms with Crippen LogP contribution in [0.2, 0.25) is 10.0 Å². The monoisotopic (exact) mass is 475 g/mol. The van der Waals surface area contributed by atoms with Gasteiger partial charge in [-0.25, -0.2) is 0 Å². The number of rotatable bonds is 6. The van der Waals surface area contributed by atoms with Gasteiger partial charge in [-0.1, -0.05) is 54.0 Å². The summed E-state index contributed by atoms with van der Waals surface area (Å²) in [5, 5.41) is 12.8. The number of halogens is 2. The van der Waals surface area contributed by atoms with E-state index in [9.17, 15) is 9.59 Å². The van der Waals surface area contributed by atoms with Gasteiger partial charge in [0.15, 0.2) is 5.16 Å². The Bertz CT molecular complexity index is 1350. The molecule has 0 spiro atoms. The maximum Gasteiger partial charge on any atom is 0.262 e. The second kappa shape index (κ2) is 8.90. The number of anilines is 1. The van der Waals surface area contributed by atoms with Crippen molar-refractivity contribution in [2.75, 3.05) is 5.32 Å².